The second-order valence-electron chi connectivity index (χ2n) is 5.44. The van der Waals surface area contributed by atoms with Gasteiger partial charge in [-0.05, 0) is 19.9 Å². The summed E-state index contributed by atoms with van der Waals surface area (Å²) in [5.41, 5.74) is 1.11. The van der Waals surface area contributed by atoms with Crippen LogP contribution in [0.5, 0.6) is 0 Å². The van der Waals surface area contributed by atoms with Crippen molar-refractivity contribution in [2.75, 3.05) is 31.1 Å². The van der Waals surface area contributed by atoms with Crippen molar-refractivity contribution in [3.8, 4) is 0 Å². The molecule has 116 valence electrons. The van der Waals surface area contributed by atoms with Crippen LogP contribution in [0.25, 0.3) is 0 Å². The van der Waals surface area contributed by atoms with Crippen molar-refractivity contribution in [2.45, 2.75) is 13.8 Å². The Morgan fingerprint density at radius 3 is 2.55 bits per heavy atom. The summed E-state index contributed by atoms with van der Waals surface area (Å²) in [6.45, 7) is 6.04. The first kappa shape index (κ1) is 14.4. The number of nitrogens with zero attached hydrogens (tertiary/aromatic N) is 3. The Hall–Kier alpha value is -2.57. The van der Waals surface area contributed by atoms with Gasteiger partial charge < -0.3 is 14.2 Å². The van der Waals surface area contributed by atoms with Gasteiger partial charge in [-0.25, -0.2) is 4.98 Å². The number of hydrogen-bond donors (Lipinski definition) is 1. The average Bonchev–Trinajstić information content (AvgIpc) is 2.92. The lowest BCUT2D eigenvalue weighted by Gasteiger charge is -2.34. The quantitative estimate of drug-likeness (QED) is 0.893. The van der Waals surface area contributed by atoms with Gasteiger partial charge in [-0.1, -0.05) is 0 Å². The van der Waals surface area contributed by atoms with Gasteiger partial charge in [0.15, 0.2) is 0 Å². The zero-order valence-electron chi connectivity index (χ0n) is 12.6. The average molecular weight is 302 g/mol. The van der Waals surface area contributed by atoms with E-state index in [-0.39, 0.29) is 11.5 Å². The summed E-state index contributed by atoms with van der Waals surface area (Å²) in [5, 5.41) is 0. The minimum absolute atomic E-state index is 0.0257. The molecule has 0 saturated carbocycles. The predicted molar refractivity (Wildman–Crippen MR) is 81.2 cm³/mol. The van der Waals surface area contributed by atoms with E-state index < -0.39 is 0 Å². The van der Waals surface area contributed by atoms with Crippen LogP contribution in [0.15, 0.2) is 27.6 Å². The monoisotopic (exact) mass is 302 g/mol. The maximum atomic E-state index is 12.3. The van der Waals surface area contributed by atoms with Gasteiger partial charge in [0.1, 0.15) is 12.0 Å². The van der Waals surface area contributed by atoms with Crippen molar-refractivity contribution in [2.24, 2.45) is 0 Å². The van der Waals surface area contributed by atoms with Gasteiger partial charge in [-0.15, -0.1) is 0 Å². The van der Waals surface area contributed by atoms with E-state index in [0.717, 1.165) is 5.76 Å². The van der Waals surface area contributed by atoms with Crippen molar-refractivity contribution in [1.29, 1.82) is 0 Å². The van der Waals surface area contributed by atoms with Crippen molar-refractivity contribution < 1.29 is 9.21 Å². The summed E-state index contributed by atoms with van der Waals surface area (Å²) in [5.74, 6) is 1.27. The number of hydrogen-bond acceptors (Lipinski definition) is 5. The molecule has 1 N–H and O–H groups in total. The van der Waals surface area contributed by atoms with E-state index in [2.05, 4.69) is 9.97 Å². The van der Waals surface area contributed by atoms with Gasteiger partial charge in [-0.3, -0.25) is 14.6 Å². The van der Waals surface area contributed by atoms with Gasteiger partial charge in [0, 0.05) is 37.9 Å². The van der Waals surface area contributed by atoms with Crippen LogP contribution >= 0.6 is 0 Å². The molecule has 3 rings (SSSR count). The second-order valence-corrected chi connectivity index (χ2v) is 5.44. The third-order valence-electron chi connectivity index (χ3n) is 3.70. The van der Waals surface area contributed by atoms with Crippen molar-refractivity contribution in [1.82, 2.24) is 14.9 Å². The first-order chi connectivity index (χ1) is 10.5. The number of amides is 1. The van der Waals surface area contributed by atoms with Crippen LogP contribution in [0.4, 0.5) is 5.95 Å². The number of furan rings is 1. The first-order valence-corrected chi connectivity index (χ1v) is 7.20. The Bertz CT molecular complexity index is 741. The fraction of sp³-hybridized carbons (Fsp3) is 0.400. The van der Waals surface area contributed by atoms with Crippen LogP contribution in [0.2, 0.25) is 0 Å². The normalized spacial score (nSPS) is 15.2. The van der Waals surface area contributed by atoms with Crippen molar-refractivity contribution in [3.63, 3.8) is 0 Å². The Morgan fingerprint density at radius 2 is 1.95 bits per heavy atom. The molecular formula is C15H18N4O3. The molecule has 0 unspecified atom stereocenters. The standard InChI is InChI=1S/C15H18N4O3/c1-10-7-13(20)17-15(16-10)19-5-3-18(4-6-19)14(21)12-8-11(2)22-9-12/h7-9H,3-6H2,1-2H3,(H,16,17,20). The molecule has 0 spiro atoms. The highest BCUT2D eigenvalue weighted by Gasteiger charge is 2.24. The number of H-pyrrole nitrogens is 1. The highest BCUT2D eigenvalue weighted by atomic mass is 16.3. The van der Waals surface area contributed by atoms with Crippen molar-refractivity contribution in [3.05, 3.63) is 45.8 Å². The predicted octanol–water partition coefficient (Wildman–Crippen LogP) is 0.942. The van der Waals surface area contributed by atoms with E-state index in [1.165, 1.54) is 12.3 Å². The Labute approximate surface area is 127 Å². The third-order valence-corrected chi connectivity index (χ3v) is 3.70. The molecule has 0 bridgehead atoms. The van der Waals surface area contributed by atoms with Crippen LogP contribution < -0.4 is 10.5 Å². The molecule has 0 atom stereocenters. The highest BCUT2D eigenvalue weighted by Crippen LogP contribution is 2.14. The summed E-state index contributed by atoms with van der Waals surface area (Å²) in [7, 11) is 0. The van der Waals surface area contributed by atoms with E-state index >= 15 is 0 Å². The summed E-state index contributed by atoms with van der Waals surface area (Å²) in [6.07, 6.45) is 1.49. The zero-order chi connectivity index (χ0) is 15.7. The van der Waals surface area contributed by atoms with Gasteiger partial charge in [0.05, 0.1) is 5.56 Å². The number of piperazine rings is 1. The molecule has 3 heterocycles. The van der Waals surface area contributed by atoms with Crippen molar-refractivity contribution >= 4 is 11.9 Å². The molecule has 2 aromatic rings. The number of rotatable bonds is 2. The van der Waals surface area contributed by atoms with Crippen LogP contribution in [0.1, 0.15) is 21.8 Å². The number of carbonyl (C=O) groups is 1. The number of carbonyl (C=O) groups excluding carboxylic acids is 1. The molecule has 0 aliphatic carbocycles. The lowest BCUT2D eigenvalue weighted by molar-refractivity contribution is 0.0745. The molecule has 2 aromatic heterocycles. The van der Waals surface area contributed by atoms with Crippen LogP contribution in [0, 0.1) is 13.8 Å². The van der Waals surface area contributed by atoms with E-state index in [4.69, 9.17) is 4.42 Å². The number of aromatic nitrogens is 2. The minimum atomic E-state index is -0.158. The molecule has 1 fully saturated rings. The number of aromatic amines is 1. The molecular weight excluding hydrogens is 284 g/mol. The minimum Gasteiger partial charge on any atom is -0.469 e. The van der Waals surface area contributed by atoms with Gasteiger partial charge >= 0.3 is 0 Å². The summed E-state index contributed by atoms with van der Waals surface area (Å²) in [4.78, 5) is 34.7. The van der Waals surface area contributed by atoms with E-state index in [9.17, 15) is 9.59 Å². The van der Waals surface area contributed by atoms with Crippen LogP contribution in [-0.4, -0.2) is 47.0 Å². The fourth-order valence-corrected chi connectivity index (χ4v) is 2.57. The van der Waals surface area contributed by atoms with E-state index in [0.29, 0.717) is 43.4 Å². The largest absolute Gasteiger partial charge is 0.469 e. The Kier molecular flexibility index (Phi) is 3.70. The Morgan fingerprint density at radius 1 is 1.23 bits per heavy atom. The smallest absolute Gasteiger partial charge is 0.257 e. The number of anilines is 1. The summed E-state index contributed by atoms with van der Waals surface area (Å²) < 4.78 is 5.19. The molecule has 0 aromatic carbocycles. The van der Waals surface area contributed by atoms with Gasteiger partial charge in [0.25, 0.3) is 11.5 Å². The molecule has 1 saturated heterocycles. The SMILES string of the molecule is Cc1cc(=O)[nH]c(N2CCN(C(=O)c3coc(C)c3)CC2)n1. The first-order valence-electron chi connectivity index (χ1n) is 7.20. The van der Waals surface area contributed by atoms with Gasteiger partial charge in [-0.2, -0.15) is 0 Å². The highest BCUT2D eigenvalue weighted by molar-refractivity contribution is 5.94. The maximum Gasteiger partial charge on any atom is 0.257 e. The summed E-state index contributed by atoms with van der Waals surface area (Å²) in [6, 6.07) is 3.21. The molecule has 22 heavy (non-hydrogen) atoms. The fourth-order valence-electron chi connectivity index (χ4n) is 2.57. The number of aryl methyl sites for hydroxylation is 2. The molecule has 1 amide bonds. The Balaban J connectivity index is 1.67. The summed E-state index contributed by atoms with van der Waals surface area (Å²) >= 11 is 0. The molecule has 1 aliphatic heterocycles. The zero-order valence-corrected chi connectivity index (χ0v) is 12.6. The third kappa shape index (κ3) is 2.88. The number of nitrogens with one attached hydrogen (secondary N) is 1. The lowest BCUT2D eigenvalue weighted by Crippen LogP contribution is -2.49. The van der Waals surface area contributed by atoms with Gasteiger partial charge in [0.2, 0.25) is 5.95 Å². The van der Waals surface area contributed by atoms with E-state index in [1.54, 1.807) is 17.9 Å². The lowest BCUT2D eigenvalue weighted by atomic mass is 10.2. The maximum absolute atomic E-state index is 12.3. The molecule has 7 nitrogen and oxygen atoms in total. The molecule has 0 radical (unpaired) electrons. The van der Waals surface area contributed by atoms with E-state index in [1.807, 2.05) is 11.8 Å². The topological polar surface area (TPSA) is 82.4 Å². The van der Waals surface area contributed by atoms with Crippen LogP contribution in [-0.2, 0) is 0 Å². The second kappa shape index (κ2) is 5.67. The molecule has 1 aliphatic rings. The van der Waals surface area contributed by atoms with Crippen LogP contribution in [0.3, 0.4) is 0 Å². The molecule has 7 heteroatoms.